The highest BCUT2D eigenvalue weighted by Crippen LogP contribution is 2.37. The highest BCUT2D eigenvalue weighted by Gasteiger charge is 2.41. The fraction of sp³-hybridized carbons (Fsp3) is 0.388. The zero-order valence-electron chi connectivity index (χ0n) is 36.9. The number of hydrogen-bond donors (Lipinski definition) is 3. The molecule has 63 heavy (non-hydrogen) atoms. The average Bonchev–Trinajstić information content (AvgIpc) is 4.11. The Morgan fingerprint density at radius 2 is 1.22 bits per heavy atom. The normalized spacial score (nSPS) is 18.6. The van der Waals surface area contributed by atoms with Crippen LogP contribution < -0.4 is 10.6 Å². The average molecular weight is 853 g/mol. The van der Waals surface area contributed by atoms with Gasteiger partial charge in [-0.1, -0.05) is 89.2 Å². The van der Waals surface area contributed by atoms with Crippen molar-refractivity contribution >= 4 is 40.7 Å². The Bertz CT molecular complexity index is 2630. The first-order chi connectivity index (χ1) is 30.3. The molecule has 2 aliphatic rings. The molecule has 14 nitrogen and oxygen atoms in total. The Balaban J connectivity index is 0.949. The molecule has 0 aliphatic carbocycles. The molecule has 0 spiro atoms. The summed E-state index contributed by atoms with van der Waals surface area (Å²) in [6.45, 7) is 11.0. The lowest BCUT2D eigenvalue weighted by Gasteiger charge is -2.30. The third-order valence-electron chi connectivity index (χ3n) is 12.5. The third-order valence-corrected chi connectivity index (χ3v) is 12.5. The van der Waals surface area contributed by atoms with Gasteiger partial charge in [-0.15, -0.1) is 0 Å². The van der Waals surface area contributed by atoms with Crippen LogP contribution in [0.1, 0.15) is 77.5 Å². The third kappa shape index (κ3) is 8.84. The van der Waals surface area contributed by atoms with E-state index in [2.05, 4.69) is 95.5 Å². The van der Waals surface area contributed by atoms with Gasteiger partial charge in [0.25, 0.3) is 0 Å². The number of ether oxygens (including phenoxy) is 2. The largest absolute Gasteiger partial charge is 0.453 e. The van der Waals surface area contributed by atoms with Crippen molar-refractivity contribution in [1.82, 2.24) is 39.8 Å². The molecule has 0 radical (unpaired) electrons. The number of hydrogen-bond acceptors (Lipinski definition) is 8. The number of carbonyl (C=O) groups is 4. The first kappa shape index (κ1) is 43.0. The quantitative estimate of drug-likeness (QED) is 0.117. The van der Waals surface area contributed by atoms with Gasteiger partial charge in [-0.05, 0) is 94.7 Å². The van der Waals surface area contributed by atoms with Crippen LogP contribution in [-0.4, -0.2) is 92.5 Å². The summed E-state index contributed by atoms with van der Waals surface area (Å²) in [6.07, 6.45) is 5.28. The predicted molar refractivity (Wildman–Crippen MR) is 241 cm³/mol. The number of benzene rings is 3. The van der Waals surface area contributed by atoms with E-state index in [1.54, 1.807) is 0 Å². The van der Waals surface area contributed by atoms with E-state index >= 15 is 0 Å². The molecule has 2 saturated heterocycles. The SMILES string of the molecule is COC(=O)N[C@H](C(=O)N1CCC[C@H]1c1cn2cc(-c3ccc(-c4ccc(-c5ccc6nc([C@@H]7C[C@H](C)CN7C(=O)[C@@H](NC(=O)OC)C(C)C)[nH]c6c5)cc4)cc3)ccc2n1)C(C)C. The molecule has 8 rings (SSSR count). The summed E-state index contributed by atoms with van der Waals surface area (Å²) < 4.78 is 11.6. The molecule has 2 aliphatic heterocycles. The number of carbonyl (C=O) groups excluding carboxylic acids is 4. The molecule has 5 heterocycles. The van der Waals surface area contributed by atoms with Crippen molar-refractivity contribution in [3.8, 4) is 33.4 Å². The highest BCUT2D eigenvalue weighted by atomic mass is 16.5. The Morgan fingerprint density at radius 3 is 1.81 bits per heavy atom. The molecule has 2 fully saturated rings. The molecule has 4 amide bonds. The second kappa shape index (κ2) is 18.0. The fourth-order valence-corrected chi connectivity index (χ4v) is 9.06. The smallest absolute Gasteiger partial charge is 0.407 e. The molecule has 3 N–H and O–H groups in total. The number of aromatic amines is 1. The van der Waals surface area contributed by atoms with Crippen molar-refractivity contribution in [1.29, 1.82) is 0 Å². The summed E-state index contributed by atoms with van der Waals surface area (Å²) >= 11 is 0. The number of fused-ring (bicyclic) bond motifs is 2. The van der Waals surface area contributed by atoms with Crippen molar-refractivity contribution in [2.45, 2.75) is 78.0 Å². The van der Waals surface area contributed by atoms with Crippen LogP contribution in [0.5, 0.6) is 0 Å². The topological polar surface area (TPSA) is 163 Å². The van der Waals surface area contributed by atoms with Crippen molar-refractivity contribution in [2.24, 2.45) is 17.8 Å². The van der Waals surface area contributed by atoms with Gasteiger partial charge in [0.15, 0.2) is 0 Å². The van der Waals surface area contributed by atoms with Crippen molar-refractivity contribution in [3.05, 3.63) is 103 Å². The lowest BCUT2D eigenvalue weighted by atomic mass is 9.98. The van der Waals surface area contributed by atoms with Crippen molar-refractivity contribution < 1.29 is 28.7 Å². The molecule has 3 aromatic carbocycles. The Hall–Kier alpha value is -6.70. The second-order valence-corrected chi connectivity index (χ2v) is 17.6. The minimum Gasteiger partial charge on any atom is -0.453 e. The number of aromatic nitrogens is 4. The molecule has 14 heteroatoms. The van der Waals surface area contributed by atoms with Gasteiger partial charge in [-0.3, -0.25) is 9.59 Å². The number of methoxy groups -OCH3 is 2. The van der Waals surface area contributed by atoms with Crippen LogP contribution in [0, 0.1) is 17.8 Å². The number of nitrogens with zero attached hydrogens (tertiary/aromatic N) is 5. The first-order valence-electron chi connectivity index (χ1n) is 21.8. The number of alkyl carbamates (subject to hydrolysis) is 2. The Labute approximate surface area is 367 Å². The zero-order chi connectivity index (χ0) is 44.5. The van der Waals surface area contributed by atoms with Gasteiger partial charge in [0.2, 0.25) is 11.8 Å². The first-order valence-corrected chi connectivity index (χ1v) is 21.8. The molecule has 328 valence electrons. The van der Waals surface area contributed by atoms with E-state index in [9.17, 15) is 19.2 Å². The summed E-state index contributed by atoms with van der Waals surface area (Å²) in [5.41, 5.74) is 9.80. The van der Waals surface area contributed by atoms with E-state index in [1.165, 1.54) is 14.2 Å². The second-order valence-electron chi connectivity index (χ2n) is 17.6. The number of H-pyrrole nitrogens is 1. The lowest BCUT2D eigenvalue weighted by molar-refractivity contribution is -0.136. The van der Waals surface area contributed by atoms with E-state index in [0.717, 1.165) is 80.8 Å². The van der Waals surface area contributed by atoms with Crippen LogP contribution in [0.4, 0.5) is 9.59 Å². The van der Waals surface area contributed by atoms with Gasteiger partial charge >= 0.3 is 12.2 Å². The molecule has 6 aromatic rings. The summed E-state index contributed by atoms with van der Waals surface area (Å²) in [7, 11) is 2.60. The molecular formula is C49H56N8O6. The van der Waals surface area contributed by atoms with E-state index in [1.807, 2.05) is 60.2 Å². The van der Waals surface area contributed by atoms with Gasteiger partial charge in [-0.25, -0.2) is 19.6 Å². The van der Waals surface area contributed by atoms with Gasteiger partial charge < -0.3 is 39.3 Å². The van der Waals surface area contributed by atoms with Gasteiger partial charge in [-0.2, -0.15) is 0 Å². The van der Waals surface area contributed by atoms with Crippen LogP contribution in [0.15, 0.2) is 91.3 Å². The maximum atomic E-state index is 13.8. The zero-order valence-corrected chi connectivity index (χ0v) is 36.9. The summed E-state index contributed by atoms with van der Waals surface area (Å²) in [6, 6.07) is 25.5. The Morgan fingerprint density at radius 1 is 0.683 bits per heavy atom. The van der Waals surface area contributed by atoms with Gasteiger partial charge in [0, 0.05) is 25.5 Å². The monoisotopic (exact) mass is 852 g/mol. The van der Waals surface area contributed by atoms with Crippen molar-refractivity contribution in [2.75, 3.05) is 27.3 Å². The summed E-state index contributed by atoms with van der Waals surface area (Å²) in [5.74, 6) is 0.546. The Kier molecular flexibility index (Phi) is 12.2. The van der Waals surface area contributed by atoms with E-state index < -0.39 is 24.3 Å². The van der Waals surface area contributed by atoms with Crippen LogP contribution in [0.2, 0.25) is 0 Å². The molecular weight excluding hydrogens is 797 g/mol. The maximum absolute atomic E-state index is 13.8. The summed E-state index contributed by atoms with van der Waals surface area (Å²) in [5, 5.41) is 5.44. The predicted octanol–water partition coefficient (Wildman–Crippen LogP) is 8.55. The number of imidazole rings is 2. The number of rotatable bonds is 11. The van der Waals surface area contributed by atoms with Crippen molar-refractivity contribution in [3.63, 3.8) is 0 Å². The van der Waals surface area contributed by atoms with Crippen LogP contribution >= 0.6 is 0 Å². The fourth-order valence-electron chi connectivity index (χ4n) is 9.06. The van der Waals surface area contributed by atoms with Crippen LogP contribution in [-0.2, 0) is 19.1 Å². The van der Waals surface area contributed by atoms with E-state index in [0.29, 0.717) is 13.1 Å². The molecule has 0 bridgehead atoms. The van der Waals surface area contributed by atoms with Gasteiger partial charge in [0.05, 0.1) is 43.0 Å². The minimum absolute atomic E-state index is 0.101. The molecule has 0 saturated carbocycles. The molecule has 5 atom stereocenters. The minimum atomic E-state index is -0.700. The van der Waals surface area contributed by atoms with Gasteiger partial charge in [0.1, 0.15) is 23.6 Å². The van der Waals surface area contributed by atoms with Crippen LogP contribution in [0.25, 0.3) is 50.1 Å². The number of amides is 4. The number of nitrogens with one attached hydrogen (secondary N) is 3. The van der Waals surface area contributed by atoms with Crippen LogP contribution in [0.3, 0.4) is 0 Å². The maximum Gasteiger partial charge on any atom is 0.407 e. The molecule has 3 aromatic heterocycles. The van der Waals surface area contributed by atoms with E-state index in [-0.39, 0.29) is 41.7 Å². The highest BCUT2D eigenvalue weighted by molar-refractivity contribution is 5.88. The lowest BCUT2D eigenvalue weighted by Crippen LogP contribution is -2.51. The number of likely N-dealkylation sites (tertiary alicyclic amines) is 2. The summed E-state index contributed by atoms with van der Waals surface area (Å²) in [4.78, 5) is 68.6. The standard InChI is InChI=1S/C49H56N8O6/c1-28(2)43(53-48(60)62-6)46(58)56-22-8-9-40(56)39-27-55-26-36(19-21-42(55)50-39)34-16-12-32(13-17-34)31-10-14-33(15-11-31)35-18-20-37-38(24-35)52-45(51-37)41-23-30(5)25-57(41)47(59)44(29(3)4)54-49(61)63-7/h10-21,24,26-30,40-41,43-44H,8-9,22-23,25H2,1-7H3,(H,51,52)(H,53,60)(H,54,61)/t30-,40-,41-,43-,44-/m0/s1. The molecule has 0 unspecified atom stereocenters. The van der Waals surface area contributed by atoms with E-state index in [4.69, 9.17) is 19.4 Å². The number of pyridine rings is 1.